The minimum Gasteiger partial charge on any atom is -0.480 e. The molecule has 2 N–H and O–H groups in total. The predicted molar refractivity (Wildman–Crippen MR) is 138 cm³/mol. The first kappa shape index (κ1) is 24.3. The van der Waals surface area contributed by atoms with Crippen molar-refractivity contribution in [3.63, 3.8) is 0 Å². The van der Waals surface area contributed by atoms with E-state index < -0.39 is 11.9 Å². The number of methoxy groups -OCH3 is 1. The topological polar surface area (TPSA) is 110 Å². The van der Waals surface area contributed by atoms with Crippen LogP contribution in [0.4, 0.5) is 16.0 Å². The molecule has 2 aromatic carbocycles. The Balaban J connectivity index is 1.80. The van der Waals surface area contributed by atoms with Crippen LogP contribution in [0.3, 0.4) is 0 Å². The summed E-state index contributed by atoms with van der Waals surface area (Å²) in [5.74, 6) is -0.747. The number of fused-ring (bicyclic) bond motifs is 1. The van der Waals surface area contributed by atoms with E-state index in [4.69, 9.17) is 22.1 Å². The number of hydrogen-bond acceptors (Lipinski definition) is 6. The number of nitrogens with two attached hydrogens (primary N) is 1. The van der Waals surface area contributed by atoms with Gasteiger partial charge < -0.3 is 15.0 Å². The lowest BCUT2D eigenvalue weighted by Crippen LogP contribution is -2.30. The second kappa shape index (κ2) is 9.22. The van der Waals surface area contributed by atoms with E-state index >= 15 is 4.39 Å². The lowest BCUT2D eigenvalue weighted by molar-refractivity contribution is 0.0992. The van der Waals surface area contributed by atoms with Crippen LogP contribution in [0.25, 0.3) is 11.3 Å². The number of aromatic nitrogens is 3. The Hall–Kier alpha value is -4.42. The standard InChI is InChI=1S/C27H22ClFN6O2/c1-14(2)34-21(18-13-32-27(31)33-25(18)37-3)11-17-24(34)23(16-9-7-15(12-30)8-10-16)35(26(17)36)20-6-4-5-19(28)22(20)29/h4-11,13-14,23H,1-3H3,(H2,31,32,33)/t23-/m0/s1. The maximum Gasteiger partial charge on any atom is 0.261 e. The van der Waals surface area contributed by atoms with Crippen LogP contribution in [0, 0.1) is 17.1 Å². The fourth-order valence-corrected chi connectivity index (χ4v) is 4.98. The average molecular weight is 517 g/mol. The second-order valence-corrected chi connectivity index (χ2v) is 9.24. The van der Waals surface area contributed by atoms with Crippen LogP contribution in [-0.4, -0.2) is 27.6 Å². The summed E-state index contributed by atoms with van der Waals surface area (Å²) < 4.78 is 22.7. The molecule has 0 radical (unpaired) electrons. The summed E-state index contributed by atoms with van der Waals surface area (Å²) >= 11 is 6.10. The molecule has 4 aromatic rings. The molecule has 10 heteroatoms. The number of rotatable bonds is 5. The molecule has 37 heavy (non-hydrogen) atoms. The number of nitrogens with zero attached hydrogens (tertiary/aromatic N) is 5. The number of nitriles is 1. The number of carbonyl (C=O) groups excluding carboxylic acids is 1. The monoisotopic (exact) mass is 516 g/mol. The fraction of sp³-hybridized carbons (Fsp3) is 0.185. The number of nitrogen functional groups attached to an aromatic ring is 1. The lowest BCUT2D eigenvalue weighted by atomic mass is 10.0. The average Bonchev–Trinajstić information content (AvgIpc) is 3.41. The van der Waals surface area contributed by atoms with Crippen molar-refractivity contribution >= 4 is 29.1 Å². The zero-order valence-electron chi connectivity index (χ0n) is 20.2. The van der Waals surface area contributed by atoms with Crippen molar-refractivity contribution in [3.05, 3.63) is 88.0 Å². The van der Waals surface area contributed by atoms with Gasteiger partial charge in [0.2, 0.25) is 11.8 Å². The second-order valence-electron chi connectivity index (χ2n) is 8.83. The van der Waals surface area contributed by atoms with Crippen LogP contribution in [0.15, 0.2) is 54.7 Å². The van der Waals surface area contributed by atoms with Gasteiger partial charge in [0.15, 0.2) is 5.82 Å². The van der Waals surface area contributed by atoms with Gasteiger partial charge in [-0.3, -0.25) is 9.69 Å². The van der Waals surface area contributed by atoms with Crippen LogP contribution < -0.4 is 15.4 Å². The molecule has 1 aliphatic rings. The molecular formula is C27H22ClFN6O2. The van der Waals surface area contributed by atoms with Gasteiger partial charge in [-0.25, -0.2) is 9.37 Å². The summed E-state index contributed by atoms with van der Waals surface area (Å²) in [5.41, 5.74) is 9.29. The van der Waals surface area contributed by atoms with Gasteiger partial charge in [-0.1, -0.05) is 29.8 Å². The van der Waals surface area contributed by atoms with Crippen molar-refractivity contribution in [3.8, 4) is 23.2 Å². The van der Waals surface area contributed by atoms with E-state index in [2.05, 4.69) is 16.0 Å². The van der Waals surface area contributed by atoms with Crippen LogP contribution in [0.2, 0.25) is 5.02 Å². The number of anilines is 2. The third kappa shape index (κ3) is 3.86. The third-order valence-corrected chi connectivity index (χ3v) is 6.64. The van der Waals surface area contributed by atoms with Crippen molar-refractivity contribution in [2.24, 2.45) is 0 Å². The highest BCUT2D eigenvalue weighted by atomic mass is 35.5. The summed E-state index contributed by atoms with van der Waals surface area (Å²) in [4.78, 5) is 23.7. The molecule has 8 nitrogen and oxygen atoms in total. The molecular weight excluding hydrogens is 495 g/mol. The molecule has 3 heterocycles. The first-order chi connectivity index (χ1) is 17.8. The Morgan fingerprint density at radius 3 is 2.57 bits per heavy atom. The van der Waals surface area contributed by atoms with E-state index in [-0.39, 0.29) is 34.5 Å². The molecule has 0 saturated carbocycles. The van der Waals surface area contributed by atoms with Gasteiger partial charge in [-0.05, 0) is 49.7 Å². The van der Waals surface area contributed by atoms with Crippen molar-refractivity contribution in [1.82, 2.24) is 14.5 Å². The van der Waals surface area contributed by atoms with E-state index in [1.165, 1.54) is 24.1 Å². The molecule has 0 unspecified atom stereocenters. The molecule has 2 aromatic heterocycles. The van der Waals surface area contributed by atoms with Crippen LogP contribution in [-0.2, 0) is 0 Å². The Bertz CT molecular complexity index is 1580. The van der Waals surface area contributed by atoms with Crippen molar-refractivity contribution in [2.75, 3.05) is 17.7 Å². The van der Waals surface area contributed by atoms with E-state index in [9.17, 15) is 10.1 Å². The van der Waals surface area contributed by atoms with Gasteiger partial charge in [0.25, 0.3) is 5.91 Å². The minimum atomic E-state index is -0.694. The largest absolute Gasteiger partial charge is 0.480 e. The molecule has 0 spiro atoms. The quantitative estimate of drug-likeness (QED) is 0.373. The first-order valence-electron chi connectivity index (χ1n) is 11.5. The highest BCUT2D eigenvalue weighted by molar-refractivity contribution is 6.31. The van der Waals surface area contributed by atoms with Crippen molar-refractivity contribution in [1.29, 1.82) is 5.26 Å². The maximum atomic E-state index is 15.3. The predicted octanol–water partition coefficient (Wildman–Crippen LogP) is 5.53. The summed E-state index contributed by atoms with van der Waals surface area (Å²) in [7, 11) is 1.48. The highest BCUT2D eigenvalue weighted by Crippen LogP contribution is 2.47. The molecule has 0 bridgehead atoms. The first-order valence-corrected chi connectivity index (χ1v) is 11.8. The van der Waals surface area contributed by atoms with Gasteiger partial charge in [0.1, 0.15) is 6.04 Å². The fourth-order valence-electron chi connectivity index (χ4n) is 4.81. The number of hydrogen-bond donors (Lipinski definition) is 1. The van der Waals surface area contributed by atoms with Gasteiger partial charge in [-0.2, -0.15) is 10.2 Å². The van der Waals surface area contributed by atoms with Gasteiger partial charge in [-0.15, -0.1) is 0 Å². The summed E-state index contributed by atoms with van der Waals surface area (Å²) in [6.45, 7) is 3.97. The normalized spacial score (nSPS) is 14.7. The van der Waals surface area contributed by atoms with Gasteiger partial charge in [0.05, 0.1) is 52.0 Å². The number of amides is 1. The van der Waals surface area contributed by atoms with Crippen molar-refractivity contribution < 1.29 is 13.9 Å². The molecule has 0 aliphatic carbocycles. The minimum absolute atomic E-state index is 0.0601. The van der Waals surface area contributed by atoms with E-state index in [1.54, 1.807) is 42.6 Å². The Kier molecular flexibility index (Phi) is 6.05. The SMILES string of the molecule is COc1nc(N)ncc1-c1cc2c(n1C(C)C)[C@H](c1ccc(C#N)cc1)N(c1cccc(Cl)c1F)C2=O. The highest BCUT2D eigenvalue weighted by Gasteiger charge is 2.44. The molecule has 1 amide bonds. The van der Waals surface area contributed by atoms with Crippen molar-refractivity contribution in [2.45, 2.75) is 25.9 Å². The molecule has 5 rings (SSSR count). The number of halogens is 2. The van der Waals surface area contributed by atoms with E-state index in [0.29, 0.717) is 33.6 Å². The number of carbonyl (C=O) groups is 1. The Morgan fingerprint density at radius 1 is 1.19 bits per heavy atom. The van der Waals surface area contributed by atoms with Crippen LogP contribution >= 0.6 is 11.6 Å². The third-order valence-electron chi connectivity index (χ3n) is 6.35. The summed E-state index contributed by atoms with van der Waals surface area (Å²) in [6, 6.07) is 14.5. The Labute approximate surface area is 217 Å². The summed E-state index contributed by atoms with van der Waals surface area (Å²) in [5, 5.41) is 9.20. The molecule has 0 saturated heterocycles. The van der Waals surface area contributed by atoms with Crippen LogP contribution in [0.5, 0.6) is 5.88 Å². The van der Waals surface area contributed by atoms with Gasteiger partial charge >= 0.3 is 0 Å². The zero-order valence-corrected chi connectivity index (χ0v) is 21.0. The molecule has 1 atom stereocenters. The molecule has 0 fully saturated rings. The number of benzene rings is 2. The molecule has 1 aliphatic heterocycles. The van der Waals surface area contributed by atoms with E-state index in [0.717, 1.165) is 0 Å². The van der Waals surface area contributed by atoms with E-state index in [1.807, 2.05) is 18.4 Å². The lowest BCUT2D eigenvalue weighted by Gasteiger charge is -2.29. The summed E-state index contributed by atoms with van der Waals surface area (Å²) in [6.07, 6.45) is 1.56. The maximum absolute atomic E-state index is 15.3. The Morgan fingerprint density at radius 2 is 1.92 bits per heavy atom. The zero-order chi connectivity index (χ0) is 26.4. The smallest absolute Gasteiger partial charge is 0.261 e. The molecule has 186 valence electrons. The van der Waals surface area contributed by atoms with Crippen LogP contribution in [0.1, 0.15) is 53.1 Å². The van der Waals surface area contributed by atoms with Gasteiger partial charge in [0, 0.05) is 12.2 Å². The number of ether oxygens (including phenoxy) is 1.